The fourth-order valence-corrected chi connectivity index (χ4v) is 3.26. The van der Waals surface area contributed by atoms with Gasteiger partial charge in [-0.3, -0.25) is 4.79 Å². The lowest BCUT2D eigenvalue weighted by Gasteiger charge is -2.31. The van der Waals surface area contributed by atoms with Crippen LogP contribution in [0.5, 0.6) is 0 Å². The molecule has 2 aliphatic heterocycles. The van der Waals surface area contributed by atoms with Crippen molar-refractivity contribution in [3.63, 3.8) is 0 Å². The highest BCUT2D eigenvalue weighted by atomic mass is 16.2. The molecule has 2 saturated heterocycles. The highest BCUT2D eigenvalue weighted by Gasteiger charge is 2.48. The summed E-state index contributed by atoms with van der Waals surface area (Å²) >= 11 is 0. The molecule has 21 heavy (non-hydrogen) atoms. The molecule has 0 bridgehead atoms. The van der Waals surface area contributed by atoms with Crippen molar-refractivity contribution in [2.45, 2.75) is 38.8 Å². The van der Waals surface area contributed by atoms with E-state index in [0.29, 0.717) is 24.7 Å². The van der Waals surface area contributed by atoms with E-state index in [2.05, 4.69) is 6.92 Å². The van der Waals surface area contributed by atoms with Crippen LogP contribution in [0.15, 0.2) is 24.3 Å². The molecule has 2 atom stereocenters. The number of hydrogen-bond donors (Lipinski definition) is 1. The molecule has 5 nitrogen and oxygen atoms in total. The largest absolute Gasteiger partial charge is 0.332 e. The number of amides is 3. The Kier molecular flexibility index (Phi) is 3.68. The SMILES string of the molecule is CCC1CCN2C(=O)N(c3ccc(CN)cc3)C(=O)C2C1. The normalized spacial score (nSPS) is 25.4. The van der Waals surface area contributed by atoms with Crippen LogP contribution in [0.2, 0.25) is 0 Å². The number of benzene rings is 1. The average molecular weight is 287 g/mol. The third-order valence-corrected chi connectivity index (χ3v) is 4.66. The van der Waals surface area contributed by atoms with Gasteiger partial charge in [-0.2, -0.15) is 0 Å². The van der Waals surface area contributed by atoms with Gasteiger partial charge < -0.3 is 10.6 Å². The van der Waals surface area contributed by atoms with E-state index < -0.39 is 0 Å². The van der Waals surface area contributed by atoms with Crippen molar-refractivity contribution >= 4 is 17.6 Å². The van der Waals surface area contributed by atoms with Gasteiger partial charge in [0.15, 0.2) is 0 Å². The molecule has 0 aromatic heterocycles. The summed E-state index contributed by atoms with van der Waals surface area (Å²) in [5.41, 5.74) is 7.21. The molecule has 5 heteroatoms. The van der Waals surface area contributed by atoms with Gasteiger partial charge >= 0.3 is 6.03 Å². The van der Waals surface area contributed by atoms with Crippen LogP contribution < -0.4 is 10.6 Å². The van der Waals surface area contributed by atoms with Gasteiger partial charge in [0.05, 0.1) is 5.69 Å². The van der Waals surface area contributed by atoms with Gasteiger partial charge in [-0.15, -0.1) is 0 Å². The predicted molar refractivity (Wildman–Crippen MR) is 80.7 cm³/mol. The Bertz CT molecular complexity index is 555. The topological polar surface area (TPSA) is 66.6 Å². The van der Waals surface area contributed by atoms with Gasteiger partial charge in [0, 0.05) is 13.1 Å². The number of imide groups is 1. The zero-order valence-electron chi connectivity index (χ0n) is 12.3. The summed E-state index contributed by atoms with van der Waals surface area (Å²) in [6, 6.07) is 6.87. The molecule has 0 aliphatic carbocycles. The smallest absolute Gasteiger partial charge is 0.326 e. The number of carbonyl (C=O) groups excluding carboxylic acids is 2. The van der Waals surface area contributed by atoms with Crippen LogP contribution in [0.25, 0.3) is 0 Å². The summed E-state index contributed by atoms with van der Waals surface area (Å²) in [5, 5.41) is 0. The summed E-state index contributed by atoms with van der Waals surface area (Å²) in [7, 11) is 0. The number of hydrogen-bond acceptors (Lipinski definition) is 3. The lowest BCUT2D eigenvalue weighted by atomic mass is 9.89. The van der Waals surface area contributed by atoms with Crippen LogP contribution >= 0.6 is 0 Å². The Morgan fingerprint density at radius 3 is 2.57 bits per heavy atom. The van der Waals surface area contributed by atoms with E-state index in [1.807, 2.05) is 12.1 Å². The monoisotopic (exact) mass is 287 g/mol. The Labute approximate surface area is 124 Å². The van der Waals surface area contributed by atoms with E-state index in [1.165, 1.54) is 4.90 Å². The van der Waals surface area contributed by atoms with Gasteiger partial charge in [-0.1, -0.05) is 25.5 Å². The maximum absolute atomic E-state index is 12.6. The highest BCUT2D eigenvalue weighted by molar-refractivity contribution is 6.21. The third-order valence-electron chi connectivity index (χ3n) is 4.66. The Hall–Kier alpha value is -1.88. The van der Waals surface area contributed by atoms with E-state index >= 15 is 0 Å². The van der Waals surface area contributed by atoms with E-state index in [1.54, 1.807) is 17.0 Å². The predicted octanol–water partition coefficient (Wildman–Crippen LogP) is 2.10. The van der Waals surface area contributed by atoms with Gasteiger partial charge in [0.1, 0.15) is 6.04 Å². The van der Waals surface area contributed by atoms with Crippen molar-refractivity contribution in [1.82, 2.24) is 4.90 Å². The second kappa shape index (κ2) is 5.48. The number of rotatable bonds is 3. The van der Waals surface area contributed by atoms with Gasteiger partial charge in [0.2, 0.25) is 0 Å². The molecule has 2 fully saturated rings. The lowest BCUT2D eigenvalue weighted by molar-refractivity contribution is -0.120. The van der Waals surface area contributed by atoms with E-state index in [0.717, 1.165) is 24.8 Å². The van der Waals surface area contributed by atoms with Crippen molar-refractivity contribution < 1.29 is 9.59 Å². The van der Waals surface area contributed by atoms with E-state index in [-0.39, 0.29) is 18.0 Å². The molecular formula is C16H21N3O2. The summed E-state index contributed by atoms with van der Waals surface area (Å²) in [6.07, 6.45) is 2.85. The quantitative estimate of drug-likeness (QED) is 0.866. The third kappa shape index (κ3) is 2.31. The van der Waals surface area contributed by atoms with Gasteiger partial charge in [0.25, 0.3) is 5.91 Å². The number of nitrogens with zero attached hydrogens (tertiary/aromatic N) is 2. The van der Waals surface area contributed by atoms with E-state index in [4.69, 9.17) is 5.73 Å². The molecular weight excluding hydrogens is 266 g/mol. The van der Waals surface area contributed by atoms with Crippen molar-refractivity contribution in [2.24, 2.45) is 11.7 Å². The molecule has 0 saturated carbocycles. The molecule has 2 unspecified atom stereocenters. The van der Waals surface area contributed by atoms with Crippen molar-refractivity contribution in [1.29, 1.82) is 0 Å². The number of nitrogens with two attached hydrogens (primary N) is 1. The molecule has 0 spiro atoms. The zero-order chi connectivity index (χ0) is 15.0. The first-order valence-electron chi connectivity index (χ1n) is 7.59. The van der Waals surface area contributed by atoms with Crippen LogP contribution in [0, 0.1) is 5.92 Å². The van der Waals surface area contributed by atoms with Crippen LogP contribution in [0.3, 0.4) is 0 Å². The number of anilines is 1. The molecule has 2 aliphatic rings. The lowest BCUT2D eigenvalue weighted by Crippen LogP contribution is -2.42. The molecule has 2 N–H and O–H groups in total. The summed E-state index contributed by atoms with van der Waals surface area (Å²) in [5.74, 6) is 0.459. The zero-order valence-corrected chi connectivity index (χ0v) is 12.3. The summed E-state index contributed by atoms with van der Waals surface area (Å²) in [6.45, 7) is 3.28. The first kappa shape index (κ1) is 14.1. The van der Waals surface area contributed by atoms with Crippen LogP contribution in [0.4, 0.5) is 10.5 Å². The Morgan fingerprint density at radius 2 is 1.95 bits per heavy atom. The minimum absolute atomic E-state index is 0.0846. The van der Waals surface area contributed by atoms with E-state index in [9.17, 15) is 9.59 Å². The van der Waals surface area contributed by atoms with Crippen LogP contribution in [-0.4, -0.2) is 29.4 Å². The summed E-state index contributed by atoms with van der Waals surface area (Å²) < 4.78 is 0. The van der Waals surface area contributed by atoms with Crippen molar-refractivity contribution in [2.75, 3.05) is 11.4 Å². The molecule has 0 radical (unpaired) electrons. The van der Waals surface area contributed by atoms with Crippen LogP contribution in [0.1, 0.15) is 31.7 Å². The van der Waals surface area contributed by atoms with Crippen molar-refractivity contribution in [3.05, 3.63) is 29.8 Å². The minimum atomic E-state index is -0.273. The second-order valence-electron chi connectivity index (χ2n) is 5.83. The Balaban J connectivity index is 1.86. The first-order valence-corrected chi connectivity index (χ1v) is 7.59. The molecule has 1 aromatic rings. The fourth-order valence-electron chi connectivity index (χ4n) is 3.26. The maximum Gasteiger partial charge on any atom is 0.332 e. The number of fused-ring (bicyclic) bond motifs is 1. The first-order chi connectivity index (χ1) is 10.2. The van der Waals surface area contributed by atoms with Crippen molar-refractivity contribution in [3.8, 4) is 0 Å². The number of carbonyl (C=O) groups is 2. The molecule has 112 valence electrons. The molecule has 1 aromatic carbocycles. The number of piperidine rings is 1. The molecule has 3 amide bonds. The van der Waals surface area contributed by atoms with Gasteiger partial charge in [-0.05, 0) is 36.5 Å². The number of urea groups is 1. The maximum atomic E-state index is 12.6. The molecule has 2 heterocycles. The second-order valence-corrected chi connectivity index (χ2v) is 5.83. The fraction of sp³-hybridized carbons (Fsp3) is 0.500. The standard InChI is InChI=1S/C16H21N3O2/c1-2-11-7-8-18-14(9-11)15(20)19(16(18)21)13-5-3-12(10-17)4-6-13/h3-6,11,14H,2,7-10,17H2,1H3. The minimum Gasteiger partial charge on any atom is -0.326 e. The molecule has 3 rings (SSSR count). The Morgan fingerprint density at radius 1 is 1.24 bits per heavy atom. The van der Waals surface area contributed by atoms with Crippen LogP contribution in [-0.2, 0) is 11.3 Å². The average Bonchev–Trinajstić information content (AvgIpc) is 2.78. The highest BCUT2D eigenvalue weighted by Crippen LogP contribution is 2.34. The summed E-state index contributed by atoms with van der Waals surface area (Å²) in [4.78, 5) is 28.2. The van der Waals surface area contributed by atoms with Gasteiger partial charge in [-0.25, -0.2) is 9.69 Å².